The van der Waals surface area contributed by atoms with Crippen molar-refractivity contribution in [3.63, 3.8) is 0 Å². The topological polar surface area (TPSA) is 41.9 Å². The zero-order valence-corrected chi connectivity index (χ0v) is 16.3. The quantitative estimate of drug-likeness (QED) is 0.693. The third kappa shape index (κ3) is 7.35. The van der Waals surface area contributed by atoms with Crippen LogP contribution in [0.2, 0.25) is 0 Å². The fraction of sp³-hybridized carbons (Fsp3) is 0.714. The minimum Gasteiger partial charge on any atom is -0.491 e. The molecular formula is C21H35NO3. The molecular weight excluding hydrogens is 314 g/mol. The molecule has 0 aromatic heterocycles. The summed E-state index contributed by atoms with van der Waals surface area (Å²) in [5, 5.41) is 10.2. The first-order valence-electron chi connectivity index (χ1n) is 9.65. The summed E-state index contributed by atoms with van der Waals surface area (Å²) in [5.74, 6) is 2.83. The lowest BCUT2D eigenvalue weighted by Gasteiger charge is -2.35. The summed E-state index contributed by atoms with van der Waals surface area (Å²) < 4.78 is 11.3. The van der Waals surface area contributed by atoms with E-state index in [-0.39, 0.29) is 0 Å². The summed E-state index contributed by atoms with van der Waals surface area (Å²) >= 11 is 0. The van der Waals surface area contributed by atoms with Crippen LogP contribution in [-0.4, -0.2) is 55.6 Å². The van der Waals surface area contributed by atoms with Crippen molar-refractivity contribution in [3.05, 3.63) is 29.8 Å². The summed E-state index contributed by atoms with van der Waals surface area (Å²) in [6.07, 6.45) is 0.862. The van der Waals surface area contributed by atoms with E-state index in [0.717, 1.165) is 18.8 Å². The maximum Gasteiger partial charge on any atom is 0.119 e. The van der Waals surface area contributed by atoms with Crippen molar-refractivity contribution in [1.29, 1.82) is 0 Å². The van der Waals surface area contributed by atoms with Crippen LogP contribution >= 0.6 is 0 Å². The zero-order valence-electron chi connectivity index (χ0n) is 16.3. The second-order valence-corrected chi connectivity index (χ2v) is 7.97. The number of ether oxygens (including phenoxy) is 2. The normalized spacial score (nSPS) is 23.0. The summed E-state index contributed by atoms with van der Waals surface area (Å²) in [7, 11) is 0. The van der Waals surface area contributed by atoms with Crippen LogP contribution in [0.3, 0.4) is 0 Å². The molecule has 1 aromatic carbocycles. The van der Waals surface area contributed by atoms with Gasteiger partial charge in [0, 0.05) is 19.6 Å². The number of β-amino-alcohol motifs (C(OH)–C–C–N with tert-alkyl or cyclic N) is 1. The van der Waals surface area contributed by atoms with Crippen LogP contribution < -0.4 is 4.74 Å². The SMILES string of the molecule is CC(C)c1ccc(OCCOC[C@H](O)CN2C[C@H](C)C[C@H](C)C2)cc1. The molecule has 142 valence electrons. The summed E-state index contributed by atoms with van der Waals surface area (Å²) in [4.78, 5) is 2.36. The molecule has 0 radical (unpaired) electrons. The Balaban J connectivity index is 1.57. The van der Waals surface area contributed by atoms with Crippen LogP contribution in [0.25, 0.3) is 0 Å². The van der Waals surface area contributed by atoms with E-state index in [1.807, 2.05) is 12.1 Å². The van der Waals surface area contributed by atoms with Gasteiger partial charge in [0.05, 0.1) is 19.3 Å². The van der Waals surface area contributed by atoms with Gasteiger partial charge in [0.25, 0.3) is 0 Å². The molecule has 1 heterocycles. The van der Waals surface area contributed by atoms with Gasteiger partial charge in [-0.15, -0.1) is 0 Å². The Hall–Kier alpha value is -1.10. The Morgan fingerprint density at radius 2 is 1.72 bits per heavy atom. The van der Waals surface area contributed by atoms with Crippen molar-refractivity contribution in [2.45, 2.75) is 46.1 Å². The van der Waals surface area contributed by atoms with Crippen molar-refractivity contribution < 1.29 is 14.6 Å². The molecule has 0 amide bonds. The molecule has 3 atom stereocenters. The van der Waals surface area contributed by atoms with Crippen LogP contribution in [0.15, 0.2) is 24.3 Å². The maximum absolute atomic E-state index is 10.2. The van der Waals surface area contributed by atoms with Gasteiger partial charge < -0.3 is 19.5 Å². The van der Waals surface area contributed by atoms with E-state index in [9.17, 15) is 5.11 Å². The van der Waals surface area contributed by atoms with E-state index in [4.69, 9.17) is 9.47 Å². The highest BCUT2D eigenvalue weighted by molar-refractivity contribution is 5.28. The van der Waals surface area contributed by atoms with Gasteiger partial charge >= 0.3 is 0 Å². The van der Waals surface area contributed by atoms with Gasteiger partial charge in [-0.05, 0) is 41.9 Å². The molecule has 1 saturated heterocycles. The Kier molecular flexibility index (Phi) is 8.20. The van der Waals surface area contributed by atoms with Gasteiger partial charge in [0.1, 0.15) is 12.4 Å². The fourth-order valence-electron chi connectivity index (χ4n) is 3.68. The van der Waals surface area contributed by atoms with Gasteiger partial charge in [0.2, 0.25) is 0 Å². The number of aliphatic hydroxyl groups excluding tert-OH is 1. The lowest BCUT2D eigenvalue weighted by Crippen LogP contribution is -2.43. The van der Waals surface area contributed by atoms with Crippen molar-refractivity contribution in [2.75, 3.05) is 39.5 Å². The molecule has 2 rings (SSSR count). The second kappa shape index (κ2) is 10.1. The first kappa shape index (κ1) is 20.2. The van der Waals surface area contributed by atoms with E-state index in [2.05, 4.69) is 44.7 Å². The molecule has 0 spiro atoms. The van der Waals surface area contributed by atoms with Gasteiger partial charge in [-0.3, -0.25) is 0 Å². The van der Waals surface area contributed by atoms with Gasteiger partial charge in [0.15, 0.2) is 0 Å². The highest BCUT2D eigenvalue weighted by Gasteiger charge is 2.23. The number of benzene rings is 1. The summed E-state index contributed by atoms with van der Waals surface area (Å²) in [5.41, 5.74) is 1.31. The summed E-state index contributed by atoms with van der Waals surface area (Å²) in [6.45, 7) is 13.2. The monoisotopic (exact) mass is 349 g/mol. The predicted octanol–water partition coefficient (Wildman–Crippen LogP) is 3.54. The maximum atomic E-state index is 10.2. The molecule has 4 heteroatoms. The molecule has 1 aliphatic rings. The fourth-order valence-corrected chi connectivity index (χ4v) is 3.68. The number of hydrogen-bond acceptors (Lipinski definition) is 4. The predicted molar refractivity (Wildman–Crippen MR) is 102 cm³/mol. The average molecular weight is 350 g/mol. The van der Waals surface area contributed by atoms with Crippen LogP contribution in [0.4, 0.5) is 0 Å². The summed E-state index contributed by atoms with van der Waals surface area (Å²) in [6, 6.07) is 8.21. The first-order valence-corrected chi connectivity index (χ1v) is 9.65. The van der Waals surface area contributed by atoms with E-state index in [1.54, 1.807) is 0 Å². The molecule has 1 aromatic rings. The Labute approximate surface area is 153 Å². The molecule has 1 aliphatic heterocycles. The van der Waals surface area contributed by atoms with E-state index in [1.165, 1.54) is 12.0 Å². The smallest absolute Gasteiger partial charge is 0.119 e. The number of hydrogen-bond donors (Lipinski definition) is 1. The molecule has 25 heavy (non-hydrogen) atoms. The highest BCUT2D eigenvalue weighted by Crippen LogP contribution is 2.21. The van der Waals surface area contributed by atoms with E-state index < -0.39 is 6.10 Å². The lowest BCUT2D eigenvalue weighted by molar-refractivity contribution is -0.00211. The molecule has 1 N–H and O–H groups in total. The van der Waals surface area contributed by atoms with Crippen molar-refractivity contribution >= 4 is 0 Å². The molecule has 4 nitrogen and oxygen atoms in total. The first-order chi connectivity index (χ1) is 11.9. The van der Waals surface area contributed by atoms with Crippen molar-refractivity contribution in [2.24, 2.45) is 11.8 Å². The van der Waals surface area contributed by atoms with Crippen LogP contribution in [0.1, 0.15) is 45.6 Å². The average Bonchev–Trinajstić information content (AvgIpc) is 2.54. The van der Waals surface area contributed by atoms with Gasteiger partial charge in [-0.1, -0.05) is 39.8 Å². The van der Waals surface area contributed by atoms with Crippen LogP contribution in [0, 0.1) is 11.8 Å². The molecule has 1 fully saturated rings. The molecule has 0 saturated carbocycles. The van der Waals surface area contributed by atoms with Gasteiger partial charge in [-0.25, -0.2) is 0 Å². The van der Waals surface area contributed by atoms with E-state index in [0.29, 0.717) is 44.1 Å². The minimum atomic E-state index is -0.428. The minimum absolute atomic E-state index is 0.370. The largest absolute Gasteiger partial charge is 0.491 e. The third-order valence-electron chi connectivity index (χ3n) is 4.77. The lowest BCUT2D eigenvalue weighted by atomic mass is 9.92. The number of likely N-dealkylation sites (tertiary alicyclic amines) is 1. The highest BCUT2D eigenvalue weighted by atomic mass is 16.5. The standard InChI is InChI=1S/C21H35NO3/c1-16(2)19-5-7-21(8-6-19)25-10-9-24-15-20(23)14-22-12-17(3)11-18(4)13-22/h5-8,16-18,20,23H,9-15H2,1-4H3/t17-,18+,20-/m1/s1. The number of aliphatic hydroxyl groups is 1. The third-order valence-corrected chi connectivity index (χ3v) is 4.77. The number of nitrogens with zero attached hydrogens (tertiary/aromatic N) is 1. The Morgan fingerprint density at radius 1 is 1.08 bits per heavy atom. The Bertz CT molecular complexity index is 478. The number of piperidine rings is 1. The van der Waals surface area contributed by atoms with Crippen molar-refractivity contribution in [3.8, 4) is 5.75 Å². The van der Waals surface area contributed by atoms with Crippen molar-refractivity contribution in [1.82, 2.24) is 4.90 Å². The molecule has 0 aliphatic carbocycles. The van der Waals surface area contributed by atoms with Crippen LogP contribution in [0.5, 0.6) is 5.75 Å². The van der Waals surface area contributed by atoms with Crippen LogP contribution in [-0.2, 0) is 4.74 Å². The second-order valence-electron chi connectivity index (χ2n) is 7.97. The van der Waals surface area contributed by atoms with Gasteiger partial charge in [-0.2, -0.15) is 0 Å². The number of rotatable bonds is 9. The van der Waals surface area contributed by atoms with E-state index >= 15 is 0 Å². The molecule has 0 bridgehead atoms. The molecule has 0 unspecified atom stereocenters. The Morgan fingerprint density at radius 3 is 2.32 bits per heavy atom. The zero-order chi connectivity index (χ0) is 18.2.